The molecule has 1 amide bonds. The second-order valence-electron chi connectivity index (χ2n) is 4.55. The molecule has 0 saturated heterocycles. The Bertz CT molecular complexity index is 635. The summed E-state index contributed by atoms with van der Waals surface area (Å²) in [5.41, 5.74) is 1.29. The number of rotatable bonds is 2. The van der Waals surface area contributed by atoms with Crippen molar-refractivity contribution in [1.82, 2.24) is 4.67 Å². The Morgan fingerprint density at radius 2 is 1.75 bits per heavy atom. The number of hydrogen-bond donors (Lipinski definition) is 0. The Kier molecular flexibility index (Phi) is 3.41. The Morgan fingerprint density at radius 1 is 1.10 bits per heavy atom. The maximum Gasteiger partial charge on any atom is 0.397 e. The normalized spacial score (nSPS) is 19.2. The predicted molar refractivity (Wildman–Crippen MR) is 76.1 cm³/mol. The molecule has 2 unspecified atom stereocenters. The summed E-state index contributed by atoms with van der Waals surface area (Å²) in [6.45, 7) is 1.80. The first-order valence-corrected chi connectivity index (χ1v) is 7.40. The third-order valence-corrected chi connectivity index (χ3v) is 4.53. The molecule has 1 aliphatic heterocycles. The number of amides is 1. The lowest BCUT2D eigenvalue weighted by atomic mass is 10.1. The van der Waals surface area contributed by atoms with Crippen LogP contribution in [-0.2, 0) is 0 Å². The lowest BCUT2D eigenvalue weighted by Crippen LogP contribution is -2.32. The fraction of sp³-hybridized carbons (Fsp3) is 0.133. The van der Waals surface area contributed by atoms with Gasteiger partial charge in [0.2, 0.25) is 0 Å². The first-order valence-electron chi connectivity index (χ1n) is 6.30. The summed E-state index contributed by atoms with van der Waals surface area (Å²) in [5.74, 6) is -0.000521. The topological polar surface area (TPSA) is 29.5 Å². The average molecular weight is 289 g/mol. The fourth-order valence-corrected chi connectivity index (χ4v) is 3.29. The lowest BCUT2D eigenvalue weighted by molar-refractivity contribution is 0.0800. The summed E-state index contributed by atoms with van der Waals surface area (Å²) in [6, 6.07) is 15.8. The molecule has 102 valence electrons. The van der Waals surface area contributed by atoms with E-state index < -0.39 is 8.61 Å². The van der Waals surface area contributed by atoms with E-state index in [0.717, 1.165) is 5.56 Å². The van der Waals surface area contributed by atoms with Crippen LogP contribution in [0.2, 0.25) is 0 Å². The zero-order chi connectivity index (χ0) is 14.1. The maximum atomic E-state index is 14.3. The Labute approximate surface area is 118 Å². The van der Waals surface area contributed by atoms with Crippen molar-refractivity contribution in [3.63, 3.8) is 0 Å². The van der Waals surface area contributed by atoms with Gasteiger partial charge in [0.05, 0.1) is 11.6 Å². The number of carbonyl (C=O) groups excluding carboxylic acids is 1. The third-order valence-electron chi connectivity index (χ3n) is 3.32. The third kappa shape index (κ3) is 2.16. The van der Waals surface area contributed by atoms with E-state index in [1.807, 2.05) is 30.3 Å². The van der Waals surface area contributed by atoms with E-state index in [9.17, 15) is 8.99 Å². The van der Waals surface area contributed by atoms with E-state index in [1.165, 1.54) is 4.67 Å². The molecule has 0 spiro atoms. The molecule has 1 heterocycles. The molecular weight excluding hydrogens is 276 g/mol. The number of hydrogen-bond acceptors (Lipinski definition) is 2. The molecule has 20 heavy (non-hydrogen) atoms. The van der Waals surface area contributed by atoms with E-state index in [-0.39, 0.29) is 11.9 Å². The summed E-state index contributed by atoms with van der Waals surface area (Å²) in [7, 11) is -2.46. The number of halogens is 1. The number of fused-ring (bicyclic) bond motifs is 1. The Morgan fingerprint density at radius 3 is 2.50 bits per heavy atom. The van der Waals surface area contributed by atoms with E-state index >= 15 is 0 Å². The van der Waals surface area contributed by atoms with Crippen molar-refractivity contribution in [2.75, 3.05) is 0 Å². The standard InChI is InChI=1S/C15H13FNO2P/c1-11(12-7-3-2-4-8-12)17-15(18)13-9-5-6-10-14(13)19-20(17)16/h2-11H,1H3. The van der Waals surface area contributed by atoms with Crippen molar-refractivity contribution >= 4 is 14.5 Å². The van der Waals surface area contributed by atoms with Gasteiger partial charge in [-0.15, -0.1) is 0 Å². The van der Waals surface area contributed by atoms with Crippen LogP contribution < -0.4 is 4.52 Å². The minimum atomic E-state index is -2.46. The van der Waals surface area contributed by atoms with Gasteiger partial charge >= 0.3 is 8.61 Å². The number of para-hydroxylation sites is 1. The van der Waals surface area contributed by atoms with Crippen LogP contribution in [0.25, 0.3) is 0 Å². The fourth-order valence-electron chi connectivity index (χ4n) is 2.23. The summed E-state index contributed by atoms with van der Waals surface area (Å²) >= 11 is 0. The molecule has 0 N–H and O–H groups in total. The van der Waals surface area contributed by atoms with Crippen LogP contribution in [0.5, 0.6) is 5.75 Å². The zero-order valence-electron chi connectivity index (χ0n) is 10.9. The molecule has 0 radical (unpaired) electrons. The van der Waals surface area contributed by atoms with Crippen molar-refractivity contribution in [1.29, 1.82) is 0 Å². The smallest absolute Gasteiger partial charge is 0.397 e. The van der Waals surface area contributed by atoms with E-state index in [1.54, 1.807) is 31.2 Å². The van der Waals surface area contributed by atoms with Gasteiger partial charge < -0.3 is 4.52 Å². The minimum Gasteiger partial charge on any atom is -0.428 e. The highest BCUT2D eigenvalue weighted by Crippen LogP contribution is 2.53. The summed E-state index contributed by atoms with van der Waals surface area (Å²) < 4.78 is 20.7. The molecule has 0 fully saturated rings. The first kappa shape index (κ1) is 13.1. The molecule has 5 heteroatoms. The van der Waals surface area contributed by atoms with Crippen molar-refractivity contribution in [2.24, 2.45) is 0 Å². The van der Waals surface area contributed by atoms with Crippen LogP contribution in [0.3, 0.4) is 0 Å². The molecule has 0 aromatic heterocycles. The molecule has 0 bridgehead atoms. The highest BCUT2D eigenvalue weighted by Gasteiger charge is 2.39. The number of benzene rings is 2. The van der Waals surface area contributed by atoms with Gasteiger partial charge in [-0.3, -0.25) is 9.46 Å². The van der Waals surface area contributed by atoms with Crippen LogP contribution in [0.15, 0.2) is 54.6 Å². The minimum absolute atomic E-state index is 0.322. The largest absolute Gasteiger partial charge is 0.428 e. The quantitative estimate of drug-likeness (QED) is 0.763. The number of carbonyl (C=O) groups is 1. The van der Waals surface area contributed by atoms with Gasteiger partial charge in [0.25, 0.3) is 5.91 Å². The van der Waals surface area contributed by atoms with Gasteiger partial charge in [0.15, 0.2) is 0 Å². The van der Waals surface area contributed by atoms with Gasteiger partial charge in [-0.05, 0) is 24.6 Å². The van der Waals surface area contributed by atoms with E-state index in [2.05, 4.69) is 0 Å². The van der Waals surface area contributed by atoms with E-state index in [4.69, 9.17) is 4.52 Å². The molecule has 2 aromatic rings. The predicted octanol–water partition coefficient (Wildman–Crippen LogP) is 4.48. The summed E-state index contributed by atoms with van der Waals surface area (Å²) in [4.78, 5) is 12.5. The lowest BCUT2D eigenvalue weighted by Gasteiger charge is -2.34. The second-order valence-corrected chi connectivity index (χ2v) is 5.62. The van der Waals surface area contributed by atoms with Gasteiger partial charge in [-0.1, -0.05) is 42.5 Å². The Balaban J connectivity index is 1.97. The van der Waals surface area contributed by atoms with Crippen LogP contribution in [-0.4, -0.2) is 10.6 Å². The molecule has 3 nitrogen and oxygen atoms in total. The molecule has 2 atom stereocenters. The van der Waals surface area contributed by atoms with Gasteiger partial charge in [0, 0.05) is 0 Å². The molecule has 1 aliphatic rings. The van der Waals surface area contributed by atoms with Crippen molar-refractivity contribution in [2.45, 2.75) is 13.0 Å². The summed E-state index contributed by atoms with van der Waals surface area (Å²) in [5, 5.41) is 0. The van der Waals surface area contributed by atoms with Crippen molar-refractivity contribution < 1.29 is 13.5 Å². The summed E-state index contributed by atoms with van der Waals surface area (Å²) in [6.07, 6.45) is 0. The SMILES string of the molecule is CC(c1ccccc1)N1C(=O)c2ccccc2OP1F. The highest BCUT2D eigenvalue weighted by molar-refractivity contribution is 7.45. The van der Waals surface area contributed by atoms with Crippen LogP contribution in [0.1, 0.15) is 28.9 Å². The van der Waals surface area contributed by atoms with Gasteiger partial charge in [-0.2, -0.15) is 4.20 Å². The van der Waals surface area contributed by atoms with Crippen molar-refractivity contribution in [3.8, 4) is 5.75 Å². The van der Waals surface area contributed by atoms with Gasteiger partial charge in [-0.25, -0.2) is 0 Å². The average Bonchev–Trinajstić information content (AvgIpc) is 2.48. The molecule has 3 rings (SSSR count). The Hall–Kier alpha value is -1.93. The van der Waals surface area contributed by atoms with Crippen LogP contribution in [0.4, 0.5) is 4.20 Å². The highest BCUT2D eigenvalue weighted by atomic mass is 31.2. The molecule has 0 aliphatic carbocycles. The van der Waals surface area contributed by atoms with E-state index in [0.29, 0.717) is 11.3 Å². The monoisotopic (exact) mass is 289 g/mol. The molecule has 2 aromatic carbocycles. The maximum absolute atomic E-state index is 14.3. The van der Waals surface area contributed by atoms with Crippen molar-refractivity contribution in [3.05, 3.63) is 65.7 Å². The second kappa shape index (κ2) is 5.22. The zero-order valence-corrected chi connectivity index (χ0v) is 11.8. The first-order chi connectivity index (χ1) is 9.68. The molecule has 0 saturated carbocycles. The van der Waals surface area contributed by atoms with Gasteiger partial charge in [0.1, 0.15) is 5.75 Å². The van der Waals surface area contributed by atoms with Crippen LogP contribution >= 0.6 is 8.61 Å². The number of nitrogens with zero attached hydrogens (tertiary/aromatic N) is 1. The molecular formula is C15H13FNO2P. The van der Waals surface area contributed by atoms with Crippen LogP contribution in [0, 0.1) is 0 Å².